The predicted molar refractivity (Wildman–Crippen MR) is 79.1 cm³/mol. The van der Waals surface area contributed by atoms with Crippen LogP contribution >= 0.6 is 11.6 Å². The standard InChI is InChI=1S/C14H17ClFN5/c15-13-8-11(2-3-14(13)16)21-12(9-18-19-21)10-20-6-1-4-17-5-7-20/h2-3,8-9,17H,1,4-7,10H2. The zero-order chi connectivity index (χ0) is 14.7. The van der Waals surface area contributed by atoms with Gasteiger partial charge in [0.15, 0.2) is 0 Å². The Morgan fingerprint density at radius 1 is 1.29 bits per heavy atom. The monoisotopic (exact) mass is 309 g/mol. The Balaban J connectivity index is 1.81. The summed E-state index contributed by atoms with van der Waals surface area (Å²) >= 11 is 5.84. The second-order valence-electron chi connectivity index (χ2n) is 5.12. The Kier molecular flexibility index (Phi) is 4.48. The lowest BCUT2D eigenvalue weighted by atomic mass is 10.3. The van der Waals surface area contributed by atoms with E-state index in [9.17, 15) is 4.39 Å². The molecule has 2 aromatic rings. The van der Waals surface area contributed by atoms with Crippen molar-refractivity contribution in [3.05, 3.63) is 40.9 Å². The van der Waals surface area contributed by atoms with Crippen LogP contribution in [0.3, 0.4) is 0 Å². The van der Waals surface area contributed by atoms with Gasteiger partial charge in [-0.2, -0.15) is 0 Å². The minimum atomic E-state index is -0.430. The molecule has 0 saturated carbocycles. The summed E-state index contributed by atoms with van der Waals surface area (Å²) in [6, 6.07) is 4.57. The topological polar surface area (TPSA) is 46.0 Å². The van der Waals surface area contributed by atoms with Crippen LogP contribution in [-0.4, -0.2) is 46.1 Å². The van der Waals surface area contributed by atoms with Crippen LogP contribution in [0.4, 0.5) is 4.39 Å². The molecule has 1 aromatic carbocycles. The van der Waals surface area contributed by atoms with Crippen molar-refractivity contribution in [2.75, 3.05) is 26.2 Å². The van der Waals surface area contributed by atoms with Gasteiger partial charge in [-0.05, 0) is 37.7 Å². The molecule has 2 heterocycles. The van der Waals surface area contributed by atoms with Crippen molar-refractivity contribution < 1.29 is 4.39 Å². The Morgan fingerprint density at radius 3 is 3.05 bits per heavy atom. The number of halogens is 2. The van der Waals surface area contributed by atoms with Crippen LogP contribution in [0.25, 0.3) is 5.69 Å². The Morgan fingerprint density at radius 2 is 2.19 bits per heavy atom. The van der Waals surface area contributed by atoms with Crippen molar-refractivity contribution in [1.29, 1.82) is 0 Å². The number of hydrogen-bond acceptors (Lipinski definition) is 4. The van der Waals surface area contributed by atoms with Crippen molar-refractivity contribution in [2.45, 2.75) is 13.0 Å². The second kappa shape index (κ2) is 6.51. The van der Waals surface area contributed by atoms with Crippen molar-refractivity contribution >= 4 is 11.6 Å². The van der Waals surface area contributed by atoms with Gasteiger partial charge in [0, 0.05) is 19.6 Å². The summed E-state index contributed by atoms with van der Waals surface area (Å²) in [5, 5.41) is 11.5. The molecule has 0 spiro atoms. The van der Waals surface area contributed by atoms with Crippen molar-refractivity contribution in [1.82, 2.24) is 25.2 Å². The molecule has 7 heteroatoms. The lowest BCUT2D eigenvalue weighted by Crippen LogP contribution is -2.28. The van der Waals surface area contributed by atoms with Gasteiger partial charge in [-0.25, -0.2) is 9.07 Å². The smallest absolute Gasteiger partial charge is 0.141 e. The average molecular weight is 310 g/mol. The first-order chi connectivity index (χ1) is 10.2. The van der Waals surface area contributed by atoms with E-state index in [0.29, 0.717) is 0 Å². The maximum absolute atomic E-state index is 13.3. The van der Waals surface area contributed by atoms with E-state index in [2.05, 4.69) is 20.5 Å². The van der Waals surface area contributed by atoms with Crippen LogP contribution in [0.1, 0.15) is 12.1 Å². The van der Waals surface area contributed by atoms with E-state index >= 15 is 0 Å². The Bertz CT molecular complexity index is 607. The summed E-state index contributed by atoms with van der Waals surface area (Å²) in [6.07, 6.45) is 2.87. The molecule has 1 aromatic heterocycles. The number of hydrogen-bond donors (Lipinski definition) is 1. The molecule has 5 nitrogen and oxygen atoms in total. The van der Waals surface area contributed by atoms with Gasteiger partial charge < -0.3 is 5.32 Å². The average Bonchev–Trinajstić information content (AvgIpc) is 2.77. The van der Waals surface area contributed by atoms with E-state index in [1.54, 1.807) is 23.0 Å². The highest BCUT2D eigenvalue weighted by atomic mass is 35.5. The fraction of sp³-hybridized carbons (Fsp3) is 0.429. The summed E-state index contributed by atoms with van der Waals surface area (Å²) in [7, 11) is 0. The molecule has 1 fully saturated rings. The molecule has 1 saturated heterocycles. The Labute approximate surface area is 127 Å². The van der Waals surface area contributed by atoms with Gasteiger partial charge in [0.05, 0.1) is 22.6 Å². The van der Waals surface area contributed by atoms with E-state index in [1.165, 1.54) is 6.07 Å². The summed E-state index contributed by atoms with van der Waals surface area (Å²) < 4.78 is 15.0. The SMILES string of the molecule is Fc1ccc(-n2nncc2CN2CCCNCC2)cc1Cl. The zero-order valence-electron chi connectivity index (χ0n) is 11.6. The molecule has 1 aliphatic heterocycles. The van der Waals surface area contributed by atoms with Gasteiger partial charge in [-0.3, -0.25) is 4.90 Å². The van der Waals surface area contributed by atoms with E-state index in [0.717, 1.165) is 50.5 Å². The third kappa shape index (κ3) is 3.40. The molecular weight excluding hydrogens is 293 g/mol. The van der Waals surface area contributed by atoms with E-state index in [4.69, 9.17) is 11.6 Å². The maximum atomic E-state index is 13.3. The van der Waals surface area contributed by atoms with Crippen molar-refractivity contribution in [2.24, 2.45) is 0 Å². The molecule has 0 atom stereocenters. The normalized spacial score (nSPS) is 16.9. The molecule has 1 N–H and O–H groups in total. The summed E-state index contributed by atoms with van der Waals surface area (Å²) in [6.45, 7) is 4.85. The number of nitrogens with zero attached hydrogens (tertiary/aromatic N) is 4. The minimum absolute atomic E-state index is 0.0907. The van der Waals surface area contributed by atoms with Crippen LogP contribution in [0.15, 0.2) is 24.4 Å². The van der Waals surface area contributed by atoms with Crippen molar-refractivity contribution in [3.63, 3.8) is 0 Å². The maximum Gasteiger partial charge on any atom is 0.141 e. The van der Waals surface area contributed by atoms with E-state index in [1.807, 2.05) is 0 Å². The van der Waals surface area contributed by atoms with Crippen molar-refractivity contribution in [3.8, 4) is 5.69 Å². The third-order valence-electron chi connectivity index (χ3n) is 3.59. The molecule has 0 aliphatic carbocycles. The largest absolute Gasteiger partial charge is 0.315 e. The zero-order valence-corrected chi connectivity index (χ0v) is 12.4. The first kappa shape index (κ1) is 14.4. The highest BCUT2D eigenvalue weighted by molar-refractivity contribution is 6.30. The minimum Gasteiger partial charge on any atom is -0.315 e. The number of nitrogens with one attached hydrogen (secondary N) is 1. The number of benzene rings is 1. The van der Waals surface area contributed by atoms with Gasteiger partial charge in [0.1, 0.15) is 5.82 Å². The highest BCUT2D eigenvalue weighted by Gasteiger charge is 2.14. The molecule has 21 heavy (non-hydrogen) atoms. The van der Waals surface area contributed by atoms with Crippen LogP contribution < -0.4 is 5.32 Å². The summed E-state index contributed by atoms with van der Waals surface area (Å²) in [5.74, 6) is -0.430. The molecule has 0 radical (unpaired) electrons. The quantitative estimate of drug-likeness (QED) is 0.940. The summed E-state index contributed by atoms with van der Waals surface area (Å²) in [4.78, 5) is 2.36. The van der Waals surface area contributed by atoms with E-state index < -0.39 is 5.82 Å². The first-order valence-corrected chi connectivity index (χ1v) is 7.40. The lowest BCUT2D eigenvalue weighted by molar-refractivity contribution is 0.278. The predicted octanol–water partition coefficient (Wildman–Crippen LogP) is 1.86. The molecule has 0 unspecified atom stereocenters. The number of aromatic nitrogens is 3. The Hall–Kier alpha value is -1.50. The molecule has 112 valence electrons. The van der Waals surface area contributed by atoms with Gasteiger partial charge in [-0.1, -0.05) is 16.8 Å². The van der Waals surface area contributed by atoms with Gasteiger partial charge >= 0.3 is 0 Å². The number of rotatable bonds is 3. The highest BCUT2D eigenvalue weighted by Crippen LogP contribution is 2.19. The molecule has 1 aliphatic rings. The fourth-order valence-electron chi connectivity index (χ4n) is 2.49. The van der Waals surface area contributed by atoms with Crippen LogP contribution in [0, 0.1) is 5.82 Å². The molecule has 0 bridgehead atoms. The van der Waals surface area contributed by atoms with Crippen LogP contribution in [0.2, 0.25) is 5.02 Å². The third-order valence-corrected chi connectivity index (χ3v) is 3.88. The van der Waals surface area contributed by atoms with E-state index in [-0.39, 0.29) is 5.02 Å². The van der Waals surface area contributed by atoms with Gasteiger partial charge in [0.2, 0.25) is 0 Å². The molecular formula is C14H17ClFN5. The second-order valence-corrected chi connectivity index (χ2v) is 5.52. The summed E-state index contributed by atoms with van der Waals surface area (Å²) in [5.41, 5.74) is 1.70. The molecule has 3 rings (SSSR count). The lowest BCUT2D eigenvalue weighted by Gasteiger charge is -2.19. The van der Waals surface area contributed by atoms with Crippen LogP contribution in [-0.2, 0) is 6.54 Å². The molecule has 0 amide bonds. The van der Waals surface area contributed by atoms with Gasteiger partial charge in [-0.15, -0.1) is 5.10 Å². The van der Waals surface area contributed by atoms with Crippen LogP contribution in [0.5, 0.6) is 0 Å². The first-order valence-electron chi connectivity index (χ1n) is 7.02. The fourth-order valence-corrected chi connectivity index (χ4v) is 2.66. The van der Waals surface area contributed by atoms with Gasteiger partial charge in [0.25, 0.3) is 0 Å².